The third kappa shape index (κ3) is 9.51. The third-order valence-corrected chi connectivity index (χ3v) is 2.68. The molecule has 1 aromatic carbocycles. The Morgan fingerprint density at radius 3 is 2.53 bits per heavy atom. The van der Waals surface area contributed by atoms with Crippen molar-refractivity contribution in [3.8, 4) is 5.75 Å². The van der Waals surface area contributed by atoms with Crippen molar-refractivity contribution < 1.29 is 9.47 Å². The molecule has 0 saturated heterocycles. The largest absolute Gasteiger partial charge is 0.491 e. The minimum atomic E-state index is 0.621. The van der Waals surface area contributed by atoms with Gasteiger partial charge in [0.25, 0.3) is 0 Å². The molecule has 0 aliphatic rings. The van der Waals surface area contributed by atoms with E-state index in [4.69, 9.17) is 9.47 Å². The minimum absolute atomic E-state index is 0.621. The highest BCUT2D eigenvalue weighted by Crippen LogP contribution is 2.07. The van der Waals surface area contributed by atoms with Crippen molar-refractivity contribution >= 4 is 0 Å². The molecule has 0 aliphatic heterocycles. The van der Waals surface area contributed by atoms with E-state index in [1.165, 1.54) is 6.42 Å². The molecule has 0 unspecified atom stereocenters. The summed E-state index contributed by atoms with van der Waals surface area (Å²) >= 11 is 0. The molecule has 0 aromatic heterocycles. The van der Waals surface area contributed by atoms with Crippen molar-refractivity contribution in [3.05, 3.63) is 30.3 Å². The van der Waals surface area contributed by atoms with Crippen LogP contribution in [-0.4, -0.2) is 32.9 Å². The summed E-state index contributed by atoms with van der Waals surface area (Å²) in [6.45, 7) is 8.74. The quantitative estimate of drug-likeness (QED) is 0.624. The Bertz CT molecular complexity index is 301. The minimum Gasteiger partial charge on any atom is -0.491 e. The summed E-state index contributed by atoms with van der Waals surface area (Å²) in [6, 6.07) is 9.85. The SMILES string of the molecule is CC(C)CNCCCCOCCOc1ccccc1. The van der Waals surface area contributed by atoms with E-state index >= 15 is 0 Å². The average molecular weight is 265 g/mol. The zero-order valence-electron chi connectivity index (χ0n) is 12.2. The number of nitrogens with one attached hydrogen (secondary N) is 1. The van der Waals surface area contributed by atoms with Crippen LogP contribution >= 0.6 is 0 Å². The van der Waals surface area contributed by atoms with E-state index in [0.717, 1.165) is 37.8 Å². The zero-order valence-corrected chi connectivity index (χ0v) is 12.2. The molecule has 0 spiro atoms. The summed E-state index contributed by atoms with van der Waals surface area (Å²) in [6.07, 6.45) is 2.28. The number of para-hydroxylation sites is 1. The first-order valence-electron chi connectivity index (χ1n) is 7.25. The lowest BCUT2D eigenvalue weighted by molar-refractivity contribution is 0.0974. The van der Waals surface area contributed by atoms with Gasteiger partial charge in [0.05, 0.1) is 6.61 Å². The van der Waals surface area contributed by atoms with Crippen molar-refractivity contribution in [2.75, 3.05) is 32.9 Å². The van der Waals surface area contributed by atoms with Gasteiger partial charge >= 0.3 is 0 Å². The van der Waals surface area contributed by atoms with Gasteiger partial charge in [-0.15, -0.1) is 0 Å². The maximum Gasteiger partial charge on any atom is 0.119 e. The summed E-state index contributed by atoms with van der Waals surface area (Å²) in [5.41, 5.74) is 0. The molecule has 3 nitrogen and oxygen atoms in total. The summed E-state index contributed by atoms with van der Waals surface area (Å²) in [7, 11) is 0. The second kappa shape index (κ2) is 10.8. The molecule has 1 N–H and O–H groups in total. The monoisotopic (exact) mass is 265 g/mol. The zero-order chi connectivity index (χ0) is 13.8. The second-order valence-electron chi connectivity index (χ2n) is 5.08. The number of rotatable bonds is 11. The molecule has 0 heterocycles. The Balaban J connectivity index is 1.81. The normalized spacial score (nSPS) is 10.9. The molecule has 3 heteroatoms. The van der Waals surface area contributed by atoms with Gasteiger partial charge in [-0.2, -0.15) is 0 Å². The molecular weight excluding hydrogens is 238 g/mol. The van der Waals surface area contributed by atoms with Gasteiger partial charge in [0, 0.05) is 6.61 Å². The molecule has 0 saturated carbocycles. The van der Waals surface area contributed by atoms with Gasteiger partial charge in [0.1, 0.15) is 12.4 Å². The third-order valence-electron chi connectivity index (χ3n) is 2.68. The van der Waals surface area contributed by atoms with E-state index in [0.29, 0.717) is 13.2 Å². The second-order valence-corrected chi connectivity index (χ2v) is 5.08. The summed E-state index contributed by atoms with van der Waals surface area (Å²) in [5, 5.41) is 3.43. The van der Waals surface area contributed by atoms with Crippen LogP contribution < -0.4 is 10.1 Å². The Hall–Kier alpha value is -1.06. The highest BCUT2D eigenvalue weighted by molar-refractivity contribution is 5.20. The van der Waals surface area contributed by atoms with E-state index in [1.54, 1.807) is 0 Å². The molecule has 1 aromatic rings. The van der Waals surface area contributed by atoms with Crippen molar-refractivity contribution in [3.63, 3.8) is 0 Å². The highest BCUT2D eigenvalue weighted by atomic mass is 16.5. The lowest BCUT2D eigenvalue weighted by Gasteiger charge is -2.08. The number of ether oxygens (including phenoxy) is 2. The van der Waals surface area contributed by atoms with Gasteiger partial charge in [-0.1, -0.05) is 32.0 Å². The van der Waals surface area contributed by atoms with E-state index < -0.39 is 0 Å². The van der Waals surface area contributed by atoms with E-state index in [2.05, 4.69) is 19.2 Å². The molecule has 19 heavy (non-hydrogen) atoms. The standard InChI is InChI=1S/C16H27NO2/c1-15(2)14-17-10-6-7-11-18-12-13-19-16-8-4-3-5-9-16/h3-5,8-9,15,17H,6-7,10-14H2,1-2H3. The van der Waals surface area contributed by atoms with Crippen molar-refractivity contribution in [2.45, 2.75) is 26.7 Å². The predicted molar refractivity (Wildman–Crippen MR) is 79.7 cm³/mol. The predicted octanol–water partition coefficient (Wildman–Crippen LogP) is 3.11. The fourth-order valence-corrected chi connectivity index (χ4v) is 1.68. The number of hydrogen-bond acceptors (Lipinski definition) is 3. The van der Waals surface area contributed by atoms with Crippen molar-refractivity contribution in [2.24, 2.45) is 5.92 Å². The van der Waals surface area contributed by atoms with Crippen LogP contribution in [-0.2, 0) is 4.74 Å². The van der Waals surface area contributed by atoms with Gasteiger partial charge in [-0.3, -0.25) is 0 Å². The maximum atomic E-state index is 5.54. The molecule has 108 valence electrons. The Morgan fingerprint density at radius 1 is 1.00 bits per heavy atom. The Morgan fingerprint density at radius 2 is 1.79 bits per heavy atom. The van der Waals surface area contributed by atoms with Gasteiger partial charge in [-0.25, -0.2) is 0 Å². The van der Waals surface area contributed by atoms with Crippen LogP contribution in [0.3, 0.4) is 0 Å². The summed E-state index contributed by atoms with van der Waals surface area (Å²) in [4.78, 5) is 0. The lowest BCUT2D eigenvalue weighted by atomic mass is 10.2. The summed E-state index contributed by atoms with van der Waals surface area (Å²) in [5.74, 6) is 1.63. The summed E-state index contributed by atoms with van der Waals surface area (Å²) < 4.78 is 11.1. The average Bonchev–Trinajstić information content (AvgIpc) is 2.42. The van der Waals surface area contributed by atoms with Gasteiger partial charge < -0.3 is 14.8 Å². The van der Waals surface area contributed by atoms with Crippen LogP contribution in [0.4, 0.5) is 0 Å². The molecule has 0 aliphatic carbocycles. The smallest absolute Gasteiger partial charge is 0.119 e. The first kappa shape index (κ1) is 16.0. The van der Waals surface area contributed by atoms with E-state index in [-0.39, 0.29) is 0 Å². The molecule has 0 atom stereocenters. The fraction of sp³-hybridized carbons (Fsp3) is 0.625. The first-order valence-corrected chi connectivity index (χ1v) is 7.25. The van der Waals surface area contributed by atoms with Gasteiger partial charge in [0.15, 0.2) is 0 Å². The highest BCUT2D eigenvalue weighted by Gasteiger charge is 1.94. The lowest BCUT2D eigenvalue weighted by Crippen LogP contribution is -2.21. The van der Waals surface area contributed by atoms with Gasteiger partial charge in [-0.05, 0) is 44.0 Å². The topological polar surface area (TPSA) is 30.5 Å². The molecule has 1 rings (SSSR count). The van der Waals surface area contributed by atoms with Crippen LogP contribution in [0, 0.1) is 5.92 Å². The van der Waals surface area contributed by atoms with Crippen LogP contribution in [0.5, 0.6) is 5.75 Å². The van der Waals surface area contributed by atoms with Crippen molar-refractivity contribution in [1.82, 2.24) is 5.32 Å². The van der Waals surface area contributed by atoms with E-state index in [9.17, 15) is 0 Å². The maximum absolute atomic E-state index is 5.54. The molecule has 0 bridgehead atoms. The number of benzene rings is 1. The van der Waals surface area contributed by atoms with Crippen LogP contribution in [0.1, 0.15) is 26.7 Å². The Kier molecular flexibility index (Phi) is 9.11. The molecular formula is C16H27NO2. The van der Waals surface area contributed by atoms with Crippen LogP contribution in [0.15, 0.2) is 30.3 Å². The fourth-order valence-electron chi connectivity index (χ4n) is 1.68. The molecule has 0 fully saturated rings. The Labute approximate surface area is 117 Å². The number of unbranched alkanes of at least 4 members (excludes halogenated alkanes) is 1. The van der Waals surface area contributed by atoms with Crippen LogP contribution in [0.2, 0.25) is 0 Å². The molecule has 0 amide bonds. The van der Waals surface area contributed by atoms with E-state index in [1.807, 2.05) is 30.3 Å². The van der Waals surface area contributed by atoms with Gasteiger partial charge in [0.2, 0.25) is 0 Å². The van der Waals surface area contributed by atoms with Crippen LogP contribution in [0.25, 0.3) is 0 Å². The number of hydrogen-bond donors (Lipinski definition) is 1. The molecule has 0 radical (unpaired) electrons. The van der Waals surface area contributed by atoms with Crippen molar-refractivity contribution in [1.29, 1.82) is 0 Å². The first-order chi connectivity index (χ1) is 9.29.